The van der Waals surface area contributed by atoms with Crippen molar-refractivity contribution < 1.29 is 9.53 Å². The van der Waals surface area contributed by atoms with Crippen LogP contribution in [0.3, 0.4) is 0 Å². The molecule has 0 radical (unpaired) electrons. The fourth-order valence-electron chi connectivity index (χ4n) is 2.64. The highest BCUT2D eigenvalue weighted by molar-refractivity contribution is 7.12. The fourth-order valence-corrected chi connectivity index (χ4v) is 3.46. The largest absolute Gasteiger partial charge is 0.496 e. The molecule has 1 N–H and O–H groups in total. The van der Waals surface area contributed by atoms with Gasteiger partial charge in [0, 0.05) is 30.6 Å². The van der Waals surface area contributed by atoms with Crippen LogP contribution < -0.4 is 10.1 Å². The molecule has 0 atom stereocenters. The quantitative estimate of drug-likeness (QED) is 0.902. The molecule has 0 unspecified atom stereocenters. The van der Waals surface area contributed by atoms with E-state index in [9.17, 15) is 4.79 Å². The van der Waals surface area contributed by atoms with Crippen molar-refractivity contribution in [2.24, 2.45) is 5.92 Å². The number of carbonyl (C=O) groups excluding carboxylic acids is 1. The third-order valence-corrected chi connectivity index (χ3v) is 5.09. The van der Waals surface area contributed by atoms with Gasteiger partial charge in [0.15, 0.2) is 0 Å². The topological polar surface area (TPSA) is 41.6 Å². The Balaban J connectivity index is 0.00000161. The molecule has 1 aromatic rings. The third-order valence-electron chi connectivity index (χ3n) is 4.20. The molecule has 1 saturated heterocycles. The average Bonchev–Trinajstić information content (AvgIpc) is 3.20. The van der Waals surface area contributed by atoms with E-state index in [2.05, 4.69) is 5.32 Å². The molecule has 0 bridgehead atoms. The van der Waals surface area contributed by atoms with Gasteiger partial charge in [0.05, 0.1) is 12.0 Å². The first-order chi connectivity index (χ1) is 9.76. The van der Waals surface area contributed by atoms with E-state index in [1.807, 2.05) is 16.3 Å². The molecule has 4 nitrogen and oxygen atoms in total. The van der Waals surface area contributed by atoms with E-state index >= 15 is 0 Å². The summed E-state index contributed by atoms with van der Waals surface area (Å²) in [5, 5.41) is 5.53. The summed E-state index contributed by atoms with van der Waals surface area (Å²) >= 11 is 1.47. The summed E-state index contributed by atoms with van der Waals surface area (Å²) in [4.78, 5) is 15.1. The first-order valence-electron chi connectivity index (χ1n) is 7.41. The Hall–Kier alpha value is -0.780. The molecule has 21 heavy (non-hydrogen) atoms. The van der Waals surface area contributed by atoms with Crippen LogP contribution in [-0.2, 0) is 0 Å². The Labute approximate surface area is 136 Å². The molecule has 0 spiro atoms. The van der Waals surface area contributed by atoms with Crippen molar-refractivity contribution >= 4 is 29.7 Å². The molecule has 1 saturated carbocycles. The molecule has 118 valence electrons. The minimum absolute atomic E-state index is 0. The van der Waals surface area contributed by atoms with Gasteiger partial charge < -0.3 is 15.0 Å². The number of ether oxygens (including phenoxy) is 1. The lowest BCUT2D eigenvalue weighted by atomic mass is 10.0. The molecule has 1 aromatic heterocycles. The van der Waals surface area contributed by atoms with Crippen LogP contribution >= 0.6 is 23.7 Å². The maximum atomic E-state index is 12.4. The lowest BCUT2D eigenvalue weighted by Gasteiger charge is -2.32. The molecule has 1 aliphatic carbocycles. The van der Waals surface area contributed by atoms with Crippen LogP contribution in [0.15, 0.2) is 11.4 Å². The second kappa shape index (κ2) is 7.47. The lowest BCUT2D eigenvalue weighted by molar-refractivity contribution is 0.0709. The number of nitrogens with zero attached hydrogens (tertiary/aromatic N) is 1. The van der Waals surface area contributed by atoms with E-state index < -0.39 is 0 Å². The molecule has 3 rings (SSSR count). The minimum Gasteiger partial charge on any atom is -0.496 e. The number of halogens is 1. The Bertz CT molecular complexity index is 468. The molecule has 6 heteroatoms. The SMILES string of the molecule is COc1csc(C(=O)N2CCC(NCC3CC3)CC2)c1.Cl. The fraction of sp³-hybridized carbons (Fsp3) is 0.667. The van der Waals surface area contributed by atoms with Gasteiger partial charge in [0.25, 0.3) is 5.91 Å². The van der Waals surface area contributed by atoms with E-state index in [-0.39, 0.29) is 18.3 Å². The van der Waals surface area contributed by atoms with Gasteiger partial charge in [0.1, 0.15) is 5.75 Å². The van der Waals surface area contributed by atoms with Crippen molar-refractivity contribution in [2.75, 3.05) is 26.7 Å². The van der Waals surface area contributed by atoms with Gasteiger partial charge in [-0.25, -0.2) is 0 Å². The number of hydrogen-bond acceptors (Lipinski definition) is 4. The monoisotopic (exact) mass is 330 g/mol. The van der Waals surface area contributed by atoms with Crippen LogP contribution in [0.5, 0.6) is 5.75 Å². The van der Waals surface area contributed by atoms with Crippen molar-refractivity contribution in [3.05, 3.63) is 16.3 Å². The van der Waals surface area contributed by atoms with Gasteiger partial charge in [-0.05, 0) is 38.1 Å². The number of rotatable bonds is 5. The van der Waals surface area contributed by atoms with E-state index in [1.54, 1.807) is 7.11 Å². The zero-order valence-electron chi connectivity index (χ0n) is 12.3. The van der Waals surface area contributed by atoms with Gasteiger partial charge in [-0.15, -0.1) is 23.7 Å². The van der Waals surface area contributed by atoms with Crippen LogP contribution in [0.4, 0.5) is 0 Å². The highest BCUT2D eigenvalue weighted by Gasteiger charge is 2.26. The molecular formula is C15H23ClN2O2S. The van der Waals surface area contributed by atoms with Crippen molar-refractivity contribution in [1.29, 1.82) is 0 Å². The number of nitrogens with one attached hydrogen (secondary N) is 1. The van der Waals surface area contributed by atoms with Gasteiger partial charge in [-0.2, -0.15) is 0 Å². The normalized spacial score (nSPS) is 19.2. The van der Waals surface area contributed by atoms with Crippen LogP contribution in [0.25, 0.3) is 0 Å². The molecule has 2 aliphatic rings. The number of thiophene rings is 1. The van der Waals surface area contributed by atoms with Crippen molar-refractivity contribution in [3.63, 3.8) is 0 Å². The van der Waals surface area contributed by atoms with Crippen molar-refractivity contribution in [2.45, 2.75) is 31.7 Å². The van der Waals surface area contributed by atoms with Crippen LogP contribution in [-0.4, -0.2) is 43.6 Å². The molecule has 0 aromatic carbocycles. The highest BCUT2D eigenvalue weighted by Crippen LogP contribution is 2.28. The second-order valence-electron chi connectivity index (χ2n) is 5.77. The van der Waals surface area contributed by atoms with Gasteiger partial charge in [-0.3, -0.25) is 4.79 Å². The molecule has 2 fully saturated rings. The van der Waals surface area contributed by atoms with Gasteiger partial charge >= 0.3 is 0 Å². The number of carbonyl (C=O) groups is 1. The zero-order chi connectivity index (χ0) is 13.9. The Morgan fingerprint density at radius 2 is 2.10 bits per heavy atom. The second-order valence-corrected chi connectivity index (χ2v) is 6.68. The summed E-state index contributed by atoms with van der Waals surface area (Å²) in [6.07, 6.45) is 4.93. The summed E-state index contributed by atoms with van der Waals surface area (Å²) in [7, 11) is 1.63. The molecular weight excluding hydrogens is 308 g/mol. The summed E-state index contributed by atoms with van der Waals surface area (Å²) in [6.45, 7) is 2.89. The number of amides is 1. The van der Waals surface area contributed by atoms with Crippen molar-refractivity contribution in [3.8, 4) is 5.75 Å². The summed E-state index contributed by atoms with van der Waals surface area (Å²) in [6, 6.07) is 2.43. The van der Waals surface area contributed by atoms with Gasteiger partial charge in [0.2, 0.25) is 0 Å². The first-order valence-corrected chi connectivity index (χ1v) is 8.29. The Morgan fingerprint density at radius 3 is 2.67 bits per heavy atom. The summed E-state index contributed by atoms with van der Waals surface area (Å²) in [5.74, 6) is 1.85. The molecule has 1 amide bonds. The first kappa shape index (κ1) is 16.6. The molecule has 2 heterocycles. The number of hydrogen-bond donors (Lipinski definition) is 1. The standard InChI is InChI=1S/C15H22N2O2S.ClH/c1-19-13-8-14(20-10-13)15(18)17-6-4-12(5-7-17)16-9-11-2-3-11;/h8,10-12,16H,2-7,9H2,1H3;1H. The number of methoxy groups -OCH3 is 1. The van der Waals surface area contributed by atoms with E-state index in [0.717, 1.165) is 42.5 Å². The Kier molecular flexibility index (Phi) is 5.90. The summed E-state index contributed by atoms with van der Waals surface area (Å²) in [5.41, 5.74) is 0. The maximum absolute atomic E-state index is 12.4. The van der Waals surface area contributed by atoms with E-state index in [1.165, 1.54) is 30.7 Å². The van der Waals surface area contributed by atoms with Crippen LogP contribution in [0, 0.1) is 5.92 Å². The smallest absolute Gasteiger partial charge is 0.264 e. The van der Waals surface area contributed by atoms with E-state index in [0.29, 0.717) is 6.04 Å². The maximum Gasteiger partial charge on any atom is 0.264 e. The highest BCUT2D eigenvalue weighted by atomic mass is 35.5. The minimum atomic E-state index is 0. The predicted octanol–water partition coefficient (Wildman–Crippen LogP) is 2.78. The summed E-state index contributed by atoms with van der Waals surface area (Å²) < 4.78 is 5.14. The number of likely N-dealkylation sites (tertiary alicyclic amines) is 1. The van der Waals surface area contributed by atoms with Gasteiger partial charge in [-0.1, -0.05) is 0 Å². The van der Waals surface area contributed by atoms with Crippen LogP contribution in [0.2, 0.25) is 0 Å². The number of piperidine rings is 1. The van der Waals surface area contributed by atoms with E-state index in [4.69, 9.17) is 4.74 Å². The Morgan fingerprint density at radius 1 is 1.38 bits per heavy atom. The lowest BCUT2D eigenvalue weighted by Crippen LogP contribution is -2.45. The van der Waals surface area contributed by atoms with Crippen LogP contribution in [0.1, 0.15) is 35.4 Å². The molecule has 1 aliphatic heterocycles. The third kappa shape index (κ3) is 4.34. The predicted molar refractivity (Wildman–Crippen MR) is 87.8 cm³/mol. The van der Waals surface area contributed by atoms with Crippen molar-refractivity contribution in [1.82, 2.24) is 10.2 Å². The average molecular weight is 331 g/mol. The zero-order valence-corrected chi connectivity index (χ0v) is 14.0.